The highest BCUT2D eigenvalue weighted by Gasteiger charge is 2.13. The minimum atomic E-state index is -4.66. The van der Waals surface area contributed by atoms with E-state index in [9.17, 15) is 23.7 Å². The number of hydrogen-bond acceptors (Lipinski definition) is 5. The molecule has 0 aliphatic carbocycles. The standard InChI is InChI=1S/C9H12O8P2/c10-9(11)8-2-6(4-18(12,13)14)1-7(3-8)5-19(15,16)17/h1-3H,4-5H2,(H,10,11)(H2,12,13,14)(H2,15,16,17)/p-2. The molecule has 0 aliphatic heterocycles. The van der Waals surface area contributed by atoms with Crippen LogP contribution in [0.1, 0.15) is 21.5 Å². The second-order valence-corrected chi connectivity index (χ2v) is 7.12. The maximum atomic E-state index is 10.8. The van der Waals surface area contributed by atoms with Crippen LogP contribution < -0.4 is 9.79 Å². The maximum absolute atomic E-state index is 10.8. The Morgan fingerprint density at radius 2 is 1.37 bits per heavy atom. The van der Waals surface area contributed by atoms with Gasteiger partial charge in [-0.3, -0.25) is 0 Å². The first-order valence-corrected chi connectivity index (χ1v) is 8.41. The van der Waals surface area contributed by atoms with Crippen LogP contribution in [0.15, 0.2) is 18.2 Å². The highest BCUT2D eigenvalue weighted by atomic mass is 31.2. The van der Waals surface area contributed by atoms with Crippen molar-refractivity contribution >= 4 is 21.2 Å². The largest absolute Gasteiger partial charge is 0.778 e. The molecule has 0 radical (unpaired) electrons. The van der Waals surface area contributed by atoms with Gasteiger partial charge >= 0.3 is 5.97 Å². The molecule has 1 aromatic carbocycles. The molecule has 0 heterocycles. The summed E-state index contributed by atoms with van der Waals surface area (Å²) in [5.74, 6) is -1.39. The first-order valence-electron chi connectivity index (χ1n) is 4.88. The summed E-state index contributed by atoms with van der Waals surface area (Å²) in [6.45, 7) is 0. The third-order valence-corrected chi connectivity index (χ3v) is 3.59. The summed E-state index contributed by atoms with van der Waals surface area (Å²) in [5, 5.41) is 8.81. The lowest BCUT2D eigenvalue weighted by molar-refractivity contribution is -0.195. The monoisotopic (exact) mass is 308 g/mol. The van der Waals surface area contributed by atoms with Gasteiger partial charge in [-0.05, 0) is 23.3 Å². The number of carbonyl (C=O) groups is 1. The number of benzene rings is 1. The number of carboxylic acids is 1. The first-order chi connectivity index (χ1) is 8.46. The first kappa shape index (κ1) is 16.0. The molecule has 0 aromatic heterocycles. The highest BCUT2D eigenvalue weighted by molar-refractivity contribution is 7.49. The van der Waals surface area contributed by atoms with Crippen LogP contribution in [0, 0.1) is 0 Å². The van der Waals surface area contributed by atoms with E-state index in [4.69, 9.17) is 14.9 Å². The molecule has 19 heavy (non-hydrogen) atoms. The molecule has 3 N–H and O–H groups in total. The van der Waals surface area contributed by atoms with Gasteiger partial charge in [0, 0.05) is 12.3 Å². The normalized spacial score (nSPS) is 17.5. The number of rotatable bonds is 5. The Bertz CT molecular complexity index is 542. The lowest BCUT2D eigenvalue weighted by Gasteiger charge is -2.19. The Balaban J connectivity index is 3.22. The van der Waals surface area contributed by atoms with E-state index in [1.54, 1.807) is 0 Å². The fourth-order valence-electron chi connectivity index (χ4n) is 1.53. The fraction of sp³-hybridized carbons (Fsp3) is 0.222. The van der Waals surface area contributed by atoms with Crippen molar-refractivity contribution in [2.75, 3.05) is 0 Å². The fourth-order valence-corrected chi connectivity index (χ4v) is 2.82. The van der Waals surface area contributed by atoms with Crippen molar-refractivity contribution in [1.82, 2.24) is 0 Å². The molecule has 0 saturated heterocycles. The third kappa shape index (κ3) is 6.11. The molecule has 8 nitrogen and oxygen atoms in total. The zero-order valence-corrected chi connectivity index (χ0v) is 11.2. The van der Waals surface area contributed by atoms with Crippen molar-refractivity contribution in [2.45, 2.75) is 12.3 Å². The Morgan fingerprint density at radius 3 is 1.63 bits per heavy atom. The summed E-state index contributed by atoms with van der Waals surface area (Å²) in [4.78, 5) is 49.7. The zero-order valence-electron chi connectivity index (χ0n) is 9.42. The van der Waals surface area contributed by atoms with E-state index in [1.807, 2.05) is 0 Å². The summed E-state index contributed by atoms with van der Waals surface area (Å²) >= 11 is 0. The van der Waals surface area contributed by atoms with Crippen molar-refractivity contribution in [3.8, 4) is 0 Å². The van der Waals surface area contributed by atoms with Gasteiger partial charge in [0.15, 0.2) is 0 Å². The van der Waals surface area contributed by atoms with Gasteiger partial charge in [0.05, 0.1) is 5.56 Å². The molecule has 1 aromatic rings. The van der Waals surface area contributed by atoms with Crippen molar-refractivity contribution < 1.29 is 38.6 Å². The van der Waals surface area contributed by atoms with Gasteiger partial charge < -0.3 is 33.8 Å². The third-order valence-electron chi connectivity index (χ3n) is 2.06. The van der Waals surface area contributed by atoms with E-state index in [-0.39, 0.29) is 16.7 Å². The summed E-state index contributed by atoms with van der Waals surface area (Å²) in [6.07, 6.45) is -1.65. The number of carboxylic acid groups (broad SMARTS) is 1. The zero-order chi connectivity index (χ0) is 14.8. The molecule has 106 valence electrons. The van der Waals surface area contributed by atoms with Crippen molar-refractivity contribution in [3.05, 3.63) is 34.9 Å². The average Bonchev–Trinajstić information content (AvgIpc) is 2.10. The number of hydrogen-bond donors (Lipinski definition) is 3. The molecule has 2 atom stereocenters. The van der Waals surface area contributed by atoms with Crippen LogP contribution in [-0.4, -0.2) is 20.9 Å². The van der Waals surface area contributed by atoms with Gasteiger partial charge in [0.1, 0.15) is 15.2 Å². The molecule has 1 rings (SSSR count). The molecule has 0 fully saturated rings. The quantitative estimate of drug-likeness (QED) is 0.612. The summed E-state index contributed by atoms with van der Waals surface area (Å²) < 4.78 is 21.5. The van der Waals surface area contributed by atoms with Gasteiger partial charge in [-0.2, -0.15) is 0 Å². The van der Waals surface area contributed by atoms with Crippen LogP contribution in [0.25, 0.3) is 0 Å². The lowest BCUT2D eigenvalue weighted by Crippen LogP contribution is -2.07. The van der Waals surface area contributed by atoms with Crippen LogP contribution in [0.5, 0.6) is 0 Å². The Hall–Kier alpha value is -1.01. The SMILES string of the molecule is O=C(O)c1cc(CP(=O)([O-])O)cc(CP(=O)([O-])O)c1. The summed E-state index contributed by atoms with van der Waals surface area (Å²) in [7, 11) is -9.32. The summed E-state index contributed by atoms with van der Waals surface area (Å²) in [5.41, 5.74) is -0.497. The van der Waals surface area contributed by atoms with Gasteiger partial charge in [-0.1, -0.05) is 6.07 Å². The van der Waals surface area contributed by atoms with Crippen molar-refractivity contribution in [2.24, 2.45) is 0 Å². The molecule has 0 amide bonds. The van der Waals surface area contributed by atoms with E-state index in [0.717, 1.165) is 18.2 Å². The lowest BCUT2D eigenvalue weighted by atomic mass is 10.1. The Labute approximate surface area is 108 Å². The predicted molar refractivity (Wildman–Crippen MR) is 60.5 cm³/mol. The molecular formula is C9H10O8P2-2. The van der Waals surface area contributed by atoms with Crippen LogP contribution in [0.2, 0.25) is 0 Å². The Morgan fingerprint density at radius 1 is 1.00 bits per heavy atom. The minimum Gasteiger partial charge on any atom is -0.778 e. The second-order valence-electron chi connectivity index (χ2n) is 3.93. The molecule has 0 spiro atoms. The predicted octanol–water partition coefficient (Wildman–Crippen LogP) is -0.524. The minimum absolute atomic E-state index is 0.0795. The van der Waals surface area contributed by atoms with Crippen molar-refractivity contribution in [1.29, 1.82) is 0 Å². The van der Waals surface area contributed by atoms with E-state index < -0.39 is 33.5 Å². The molecule has 0 bridgehead atoms. The summed E-state index contributed by atoms with van der Waals surface area (Å²) in [6, 6.07) is 3.09. The molecule has 0 saturated carbocycles. The number of aromatic carboxylic acids is 1. The maximum Gasteiger partial charge on any atom is 0.335 e. The topological polar surface area (TPSA) is 158 Å². The van der Waals surface area contributed by atoms with Crippen LogP contribution in [0.3, 0.4) is 0 Å². The van der Waals surface area contributed by atoms with Crippen LogP contribution in [0.4, 0.5) is 0 Å². The molecule has 0 aliphatic rings. The molecule has 2 unspecified atom stereocenters. The smallest absolute Gasteiger partial charge is 0.335 e. The van der Waals surface area contributed by atoms with E-state index >= 15 is 0 Å². The van der Waals surface area contributed by atoms with E-state index in [0.29, 0.717) is 0 Å². The second kappa shape index (κ2) is 5.54. The van der Waals surface area contributed by atoms with Gasteiger partial charge in [0.2, 0.25) is 0 Å². The van der Waals surface area contributed by atoms with Gasteiger partial charge in [0.25, 0.3) is 0 Å². The van der Waals surface area contributed by atoms with Crippen LogP contribution >= 0.6 is 15.2 Å². The van der Waals surface area contributed by atoms with Crippen molar-refractivity contribution in [3.63, 3.8) is 0 Å². The average molecular weight is 308 g/mol. The molecular weight excluding hydrogens is 298 g/mol. The van der Waals surface area contributed by atoms with E-state index in [2.05, 4.69) is 0 Å². The highest BCUT2D eigenvalue weighted by Crippen LogP contribution is 2.37. The van der Waals surface area contributed by atoms with Gasteiger partial charge in [-0.25, -0.2) is 4.79 Å². The molecule has 10 heteroatoms. The van der Waals surface area contributed by atoms with Crippen LogP contribution in [-0.2, 0) is 21.5 Å². The Kier molecular flexibility index (Phi) is 4.68. The van der Waals surface area contributed by atoms with E-state index in [1.165, 1.54) is 0 Å². The van der Waals surface area contributed by atoms with Gasteiger partial charge in [-0.15, -0.1) is 0 Å².